The Labute approximate surface area is 139 Å². The molecule has 0 bridgehead atoms. The van der Waals surface area contributed by atoms with Crippen LogP contribution >= 0.6 is 11.8 Å². The van der Waals surface area contributed by atoms with E-state index in [0.717, 1.165) is 4.90 Å². The van der Waals surface area contributed by atoms with E-state index in [1.807, 2.05) is 18.4 Å². The zero-order chi connectivity index (χ0) is 16.8. The Bertz CT molecular complexity index is 703. The van der Waals surface area contributed by atoms with Gasteiger partial charge in [-0.2, -0.15) is 0 Å². The number of carbonyl (C=O) groups is 1. The molecule has 23 heavy (non-hydrogen) atoms. The number of hydrogen-bond donors (Lipinski definition) is 1. The Balaban J connectivity index is 2.32. The number of hydrogen-bond acceptors (Lipinski definition) is 5. The zero-order valence-corrected chi connectivity index (χ0v) is 14.3. The van der Waals surface area contributed by atoms with Gasteiger partial charge < -0.3 is 19.5 Å². The Kier molecular flexibility index (Phi) is 5.76. The van der Waals surface area contributed by atoms with Gasteiger partial charge in [0.05, 0.1) is 32.6 Å². The molecule has 5 nitrogen and oxygen atoms in total. The lowest BCUT2D eigenvalue weighted by molar-refractivity contribution is 0.102. The van der Waals surface area contributed by atoms with Crippen molar-refractivity contribution in [1.82, 2.24) is 0 Å². The molecule has 0 unspecified atom stereocenters. The lowest BCUT2D eigenvalue weighted by Gasteiger charge is -2.13. The van der Waals surface area contributed by atoms with Crippen LogP contribution in [0, 0.1) is 0 Å². The van der Waals surface area contributed by atoms with E-state index in [4.69, 9.17) is 14.2 Å². The molecule has 0 aliphatic carbocycles. The molecule has 1 amide bonds. The maximum absolute atomic E-state index is 12.6. The van der Waals surface area contributed by atoms with E-state index < -0.39 is 0 Å². The smallest absolute Gasteiger partial charge is 0.259 e. The lowest BCUT2D eigenvalue weighted by Crippen LogP contribution is -2.14. The summed E-state index contributed by atoms with van der Waals surface area (Å²) in [6.07, 6.45) is 1.97. The van der Waals surface area contributed by atoms with E-state index >= 15 is 0 Å². The maximum Gasteiger partial charge on any atom is 0.259 e. The first-order valence-corrected chi connectivity index (χ1v) is 8.10. The molecule has 0 saturated heterocycles. The van der Waals surface area contributed by atoms with E-state index in [2.05, 4.69) is 5.32 Å². The van der Waals surface area contributed by atoms with Crippen molar-refractivity contribution < 1.29 is 19.0 Å². The molecule has 6 heteroatoms. The summed E-state index contributed by atoms with van der Waals surface area (Å²) in [4.78, 5) is 13.6. The van der Waals surface area contributed by atoms with Crippen molar-refractivity contribution in [3.63, 3.8) is 0 Å². The van der Waals surface area contributed by atoms with Gasteiger partial charge >= 0.3 is 0 Å². The van der Waals surface area contributed by atoms with Crippen LogP contribution in [0.4, 0.5) is 5.69 Å². The second kappa shape index (κ2) is 7.78. The molecule has 0 saturated carbocycles. The molecule has 0 atom stereocenters. The van der Waals surface area contributed by atoms with Crippen LogP contribution in [0.3, 0.4) is 0 Å². The second-order valence-electron chi connectivity index (χ2n) is 4.59. The third-order valence-electron chi connectivity index (χ3n) is 3.31. The molecule has 0 aromatic heterocycles. The van der Waals surface area contributed by atoms with Crippen molar-refractivity contribution in [3.8, 4) is 17.2 Å². The van der Waals surface area contributed by atoms with E-state index in [9.17, 15) is 4.79 Å². The van der Waals surface area contributed by atoms with Gasteiger partial charge in [-0.1, -0.05) is 0 Å². The van der Waals surface area contributed by atoms with Crippen LogP contribution in [0.15, 0.2) is 41.3 Å². The number of thioether (sulfide) groups is 1. The van der Waals surface area contributed by atoms with E-state index in [0.29, 0.717) is 28.5 Å². The molecule has 2 aromatic rings. The number of nitrogens with one attached hydrogen (secondary N) is 1. The van der Waals surface area contributed by atoms with Crippen LogP contribution < -0.4 is 19.5 Å². The fraction of sp³-hybridized carbons (Fsp3) is 0.235. The first kappa shape index (κ1) is 17.0. The molecule has 0 aliphatic rings. The van der Waals surface area contributed by atoms with Crippen LogP contribution in [-0.4, -0.2) is 33.5 Å². The Hall–Kier alpha value is -2.34. The lowest BCUT2D eigenvalue weighted by atomic mass is 10.1. The molecule has 2 aromatic carbocycles. The highest BCUT2D eigenvalue weighted by molar-refractivity contribution is 7.98. The number of ether oxygens (including phenoxy) is 3. The van der Waals surface area contributed by atoms with Gasteiger partial charge in [0.1, 0.15) is 17.2 Å². The molecule has 0 aliphatic heterocycles. The van der Waals surface area contributed by atoms with Gasteiger partial charge in [0.25, 0.3) is 5.91 Å². The van der Waals surface area contributed by atoms with Crippen molar-refractivity contribution in [2.75, 3.05) is 32.9 Å². The highest BCUT2D eigenvalue weighted by Gasteiger charge is 2.15. The van der Waals surface area contributed by atoms with Gasteiger partial charge in [-0.25, -0.2) is 0 Å². The summed E-state index contributed by atoms with van der Waals surface area (Å²) in [5.41, 5.74) is 0.989. The monoisotopic (exact) mass is 333 g/mol. The molecule has 0 fully saturated rings. The predicted molar refractivity (Wildman–Crippen MR) is 92.3 cm³/mol. The number of methoxy groups -OCH3 is 3. The maximum atomic E-state index is 12.6. The van der Waals surface area contributed by atoms with Crippen LogP contribution in [0.1, 0.15) is 10.4 Å². The van der Waals surface area contributed by atoms with Gasteiger partial charge in [0.15, 0.2) is 0 Å². The highest BCUT2D eigenvalue weighted by atomic mass is 32.2. The van der Waals surface area contributed by atoms with Crippen LogP contribution in [0.2, 0.25) is 0 Å². The third-order valence-corrected chi connectivity index (χ3v) is 4.03. The molecule has 122 valence electrons. The molecule has 0 heterocycles. The topological polar surface area (TPSA) is 56.8 Å². The second-order valence-corrected chi connectivity index (χ2v) is 5.47. The van der Waals surface area contributed by atoms with E-state index in [1.54, 1.807) is 57.4 Å². The number of carbonyl (C=O) groups excluding carboxylic acids is 1. The summed E-state index contributed by atoms with van der Waals surface area (Å²) < 4.78 is 15.8. The predicted octanol–water partition coefficient (Wildman–Crippen LogP) is 3.69. The summed E-state index contributed by atoms with van der Waals surface area (Å²) >= 11 is 1.59. The fourth-order valence-corrected chi connectivity index (χ4v) is 2.52. The minimum atomic E-state index is -0.277. The highest BCUT2D eigenvalue weighted by Crippen LogP contribution is 2.31. The number of anilines is 1. The van der Waals surface area contributed by atoms with Gasteiger partial charge in [-0.3, -0.25) is 4.79 Å². The first-order valence-electron chi connectivity index (χ1n) is 6.88. The number of benzene rings is 2. The van der Waals surface area contributed by atoms with Gasteiger partial charge in [0, 0.05) is 11.0 Å². The summed E-state index contributed by atoms with van der Waals surface area (Å²) in [5, 5.41) is 2.83. The fourth-order valence-electron chi connectivity index (χ4n) is 2.09. The Morgan fingerprint density at radius 2 is 1.70 bits per heavy atom. The largest absolute Gasteiger partial charge is 0.497 e. The molecule has 2 rings (SSSR count). The molecule has 0 radical (unpaired) electrons. The van der Waals surface area contributed by atoms with Crippen molar-refractivity contribution in [3.05, 3.63) is 42.0 Å². The van der Waals surface area contributed by atoms with Crippen LogP contribution in [0.5, 0.6) is 17.2 Å². The molecule has 0 spiro atoms. The Morgan fingerprint density at radius 3 is 2.30 bits per heavy atom. The number of amides is 1. The SMILES string of the molecule is COc1ccc(OC)c(NC(=O)c2ccc(SC)cc2OC)c1. The normalized spacial score (nSPS) is 10.1. The summed E-state index contributed by atoms with van der Waals surface area (Å²) in [7, 11) is 4.66. The first-order chi connectivity index (χ1) is 11.1. The van der Waals surface area contributed by atoms with Crippen molar-refractivity contribution >= 4 is 23.4 Å². The zero-order valence-electron chi connectivity index (χ0n) is 13.5. The Morgan fingerprint density at radius 1 is 0.957 bits per heavy atom. The van der Waals surface area contributed by atoms with Crippen molar-refractivity contribution in [1.29, 1.82) is 0 Å². The van der Waals surface area contributed by atoms with Gasteiger partial charge in [0.2, 0.25) is 0 Å². The average molecular weight is 333 g/mol. The van der Waals surface area contributed by atoms with Crippen molar-refractivity contribution in [2.45, 2.75) is 4.90 Å². The van der Waals surface area contributed by atoms with Crippen LogP contribution in [0.25, 0.3) is 0 Å². The summed E-state index contributed by atoms with van der Waals surface area (Å²) in [5.74, 6) is 1.43. The molecular weight excluding hydrogens is 314 g/mol. The summed E-state index contributed by atoms with van der Waals surface area (Å²) in [6.45, 7) is 0. The quantitative estimate of drug-likeness (QED) is 0.817. The third kappa shape index (κ3) is 3.90. The van der Waals surface area contributed by atoms with Crippen molar-refractivity contribution in [2.24, 2.45) is 0 Å². The molecule has 1 N–H and O–H groups in total. The minimum absolute atomic E-state index is 0.277. The van der Waals surface area contributed by atoms with Gasteiger partial charge in [-0.05, 0) is 36.6 Å². The average Bonchev–Trinajstić information content (AvgIpc) is 2.60. The minimum Gasteiger partial charge on any atom is -0.497 e. The van der Waals surface area contributed by atoms with Gasteiger partial charge in [-0.15, -0.1) is 11.8 Å². The molecular formula is C17H19NO4S. The number of rotatable bonds is 6. The summed E-state index contributed by atoms with van der Waals surface area (Å²) in [6, 6.07) is 10.7. The van der Waals surface area contributed by atoms with E-state index in [1.165, 1.54) is 0 Å². The van der Waals surface area contributed by atoms with E-state index in [-0.39, 0.29) is 5.91 Å². The standard InChI is InChI=1S/C17H19NO4S/c1-20-11-5-8-15(21-2)14(9-11)18-17(19)13-7-6-12(23-4)10-16(13)22-3/h5-10H,1-4H3,(H,18,19). The van der Waals surface area contributed by atoms with Crippen LogP contribution in [-0.2, 0) is 0 Å².